The van der Waals surface area contributed by atoms with E-state index in [1.165, 1.54) is 0 Å². The van der Waals surface area contributed by atoms with Crippen molar-refractivity contribution in [2.75, 3.05) is 20.1 Å². The zero-order valence-corrected chi connectivity index (χ0v) is 11.5. The number of hydrogen-bond acceptors (Lipinski definition) is 2. The molecule has 1 saturated carbocycles. The number of ketones is 1. The summed E-state index contributed by atoms with van der Waals surface area (Å²) in [7, 11) is 2.11. The molecule has 1 rings (SSSR count). The highest BCUT2D eigenvalue weighted by atomic mass is 16.1. The van der Waals surface area contributed by atoms with Gasteiger partial charge in [-0.1, -0.05) is 27.7 Å². The maximum Gasteiger partial charge on any atom is 0.137 e. The molecule has 0 amide bonds. The fraction of sp³-hybridized carbons (Fsp3) is 0.929. The van der Waals surface area contributed by atoms with Gasteiger partial charge in [0.1, 0.15) is 5.78 Å². The van der Waals surface area contributed by atoms with E-state index in [4.69, 9.17) is 0 Å². The Morgan fingerprint density at radius 1 is 1.38 bits per heavy atom. The summed E-state index contributed by atoms with van der Waals surface area (Å²) in [5.74, 6) is 1.48. The van der Waals surface area contributed by atoms with Crippen LogP contribution < -0.4 is 0 Å². The number of carbonyl (C=O) groups excluding carboxylic acids is 1. The molecule has 0 radical (unpaired) electrons. The summed E-state index contributed by atoms with van der Waals surface area (Å²) in [6, 6.07) is 0. The Morgan fingerprint density at radius 2 is 2.00 bits per heavy atom. The molecule has 1 fully saturated rings. The third-order valence-corrected chi connectivity index (χ3v) is 4.06. The Kier molecular flexibility index (Phi) is 4.54. The van der Waals surface area contributed by atoms with Crippen LogP contribution in [-0.4, -0.2) is 30.8 Å². The van der Waals surface area contributed by atoms with Gasteiger partial charge in [0.05, 0.1) is 0 Å². The third-order valence-electron chi connectivity index (χ3n) is 4.06. The van der Waals surface area contributed by atoms with E-state index in [0.29, 0.717) is 17.1 Å². The smallest absolute Gasteiger partial charge is 0.137 e. The topological polar surface area (TPSA) is 20.3 Å². The molecule has 0 N–H and O–H groups in total. The van der Waals surface area contributed by atoms with E-state index in [1.807, 2.05) is 0 Å². The van der Waals surface area contributed by atoms with E-state index in [1.54, 1.807) is 0 Å². The molecule has 2 heteroatoms. The molecular weight excluding hydrogens is 198 g/mol. The van der Waals surface area contributed by atoms with E-state index >= 15 is 0 Å². The fourth-order valence-corrected chi connectivity index (χ4v) is 2.58. The maximum absolute atomic E-state index is 11.9. The van der Waals surface area contributed by atoms with Crippen molar-refractivity contribution in [3.8, 4) is 0 Å². The largest absolute Gasteiger partial charge is 0.306 e. The third kappa shape index (κ3) is 3.58. The number of hydrogen-bond donors (Lipinski definition) is 0. The standard InChI is InChI=1S/C14H27NO/c1-6-15(5)10-11-9-12(14(2,3)4)7-8-13(11)16/h11-12H,6-10H2,1-5H3. The quantitative estimate of drug-likeness (QED) is 0.736. The first-order valence-electron chi connectivity index (χ1n) is 6.55. The normalized spacial score (nSPS) is 27.5. The summed E-state index contributed by atoms with van der Waals surface area (Å²) in [5, 5.41) is 0. The van der Waals surface area contributed by atoms with Crippen LogP contribution in [0.3, 0.4) is 0 Å². The van der Waals surface area contributed by atoms with Gasteiger partial charge in [-0.3, -0.25) is 4.79 Å². The molecule has 16 heavy (non-hydrogen) atoms. The van der Waals surface area contributed by atoms with Crippen molar-refractivity contribution < 1.29 is 4.79 Å². The van der Waals surface area contributed by atoms with Crippen LogP contribution in [0, 0.1) is 17.3 Å². The molecule has 0 saturated heterocycles. The highest BCUT2D eigenvalue weighted by Gasteiger charge is 2.34. The Bertz CT molecular complexity index is 242. The second kappa shape index (κ2) is 5.31. The summed E-state index contributed by atoms with van der Waals surface area (Å²) in [6.45, 7) is 11.0. The first-order chi connectivity index (χ1) is 7.34. The van der Waals surface area contributed by atoms with Crippen LogP contribution in [0.1, 0.15) is 47.0 Å². The van der Waals surface area contributed by atoms with E-state index in [0.717, 1.165) is 32.4 Å². The van der Waals surface area contributed by atoms with Crippen LogP contribution >= 0.6 is 0 Å². The molecule has 0 spiro atoms. The molecule has 2 nitrogen and oxygen atoms in total. The van der Waals surface area contributed by atoms with Gasteiger partial charge in [-0.15, -0.1) is 0 Å². The van der Waals surface area contributed by atoms with Gasteiger partial charge < -0.3 is 4.90 Å². The zero-order chi connectivity index (χ0) is 12.3. The van der Waals surface area contributed by atoms with Gasteiger partial charge in [0.25, 0.3) is 0 Å². The van der Waals surface area contributed by atoms with Crippen LogP contribution in [-0.2, 0) is 4.79 Å². The molecule has 1 aliphatic carbocycles. The van der Waals surface area contributed by atoms with Gasteiger partial charge in [0.2, 0.25) is 0 Å². The SMILES string of the molecule is CCN(C)CC1CC(C(C)(C)C)CCC1=O. The Morgan fingerprint density at radius 3 is 2.50 bits per heavy atom. The minimum absolute atomic E-state index is 0.280. The van der Waals surface area contributed by atoms with Crippen molar-refractivity contribution in [2.45, 2.75) is 47.0 Å². The number of carbonyl (C=O) groups is 1. The second-order valence-electron chi connectivity index (χ2n) is 6.36. The average molecular weight is 225 g/mol. The maximum atomic E-state index is 11.9. The van der Waals surface area contributed by atoms with Crippen LogP contribution in [0.4, 0.5) is 0 Å². The highest BCUT2D eigenvalue weighted by molar-refractivity contribution is 5.82. The van der Waals surface area contributed by atoms with E-state index < -0.39 is 0 Å². The molecular formula is C14H27NO. The molecule has 0 aromatic heterocycles. The van der Waals surface area contributed by atoms with Crippen molar-refractivity contribution in [2.24, 2.45) is 17.3 Å². The van der Waals surface area contributed by atoms with Crippen molar-refractivity contribution in [3.05, 3.63) is 0 Å². The van der Waals surface area contributed by atoms with Crippen LogP contribution in [0.2, 0.25) is 0 Å². The molecule has 0 aromatic carbocycles. The predicted molar refractivity (Wildman–Crippen MR) is 68.5 cm³/mol. The molecule has 0 aliphatic heterocycles. The highest BCUT2D eigenvalue weighted by Crippen LogP contribution is 2.39. The minimum Gasteiger partial charge on any atom is -0.306 e. The van der Waals surface area contributed by atoms with E-state index in [9.17, 15) is 4.79 Å². The van der Waals surface area contributed by atoms with Gasteiger partial charge in [-0.25, -0.2) is 0 Å². The lowest BCUT2D eigenvalue weighted by molar-refractivity contribution is -0.127. The van der Waals surface area contributed by atoms with Crippen molar-refractivity contribution >= 4 is 5.78 Å². The molecule has 1 aliphatic rings. The lowest BCUT2D eigenvalue weighted by Crippen LogP contribution is -2.38. The van der Waals surface area contributed by atoms with E-state index in [-0.39, 0.29) is 5.92 Å². The predicted octanol–water partition coefficient (Wildman–Crippen LogP) is 2.97. The molecule has 94 valence electrons. The van der Waals surface area contributed by atoms with Gasteiger partial charge in [-0.2, -0.15) is 0 Å². The van der Waals surface area contributed by atoms with Gasteiger partial charge in [0.15, 0.2) is 0 Å². The zero-order valence-electron chi connectivity index (χ0n) is 11.5. The Labute approximate surface area is 100 Å². The summed E-state index contributed by atoms with van der Waals surface area (Å²) in [4.78, 5) is 14.1. The van der Waals surface area contributed by atoms with Crippen molar-refractivity contribution in [1.82, 2.24) is 4.90 Å². The van der Waals surface area contributed by atoms with Crippen LogP contribution in [0.5, 0.6) is 0 Å². The van der Waals surface area contributed by atoms with E-state index in [2.05, 4.69) is 39.6 Å². The lowest BCUT2D eigenvalue weighted by atomic mass is 9.68. The van der Waals surface area contributed by atoms with Crippen molar-refractivity contribution in [1.29, 1.82) is 0 Å². The molecule has 2 unspecified atom stereocenters. The minimum atomic E-state index is 0.280. The summed E-state index contributed by atoms with van der Waals surface area (Å²) in [6.07, 6.45) is 2.98. The Hall–Kier alpha value is -0.370. The van der Waals surface area contributed by atoms with Gasteiger partial charge in [0, 0.05) is 18.9 Å². The van der Waals surface area contributed by atoms with Crippen LogP contribution in [0.25, 0.3) is 0 Å². The number of nitrogens with zero attached hydrogens (tertiary/aromatic N) is 1. The molecule has 0 heterocycles. The second-order valence-corrected chi connectivity index (χ2v) is 6.36. The monoisotopic (exact) mass is 225 g/mol. The van der Waals surface area contributed by atoms with Crippen molar-refractivity contribution in [3.63, 3.8) is 0 Å². The Balaban J connectivity index is 2.58. The summed E-state index contributed by atoms with van der Waals surface area (Å²) >= 11 is 0. The van der Waals surface area contributed by atoms with Gasteiger partial charge in [-0.05, 0) is 37.8 Å². The van der Waals surface area contributed by atoms with Gasteiger partial charge >= 0.3 is 0 Å². The van der Waals surface area contributed by atoms with Crippen LogP contribution in [0.15, 0.2) is 0 Å². The number of rotatable bonds is 3. The summed E-state index contributed by atoms with van der Waals surface area (Å²) < 4.78 is 0. The lowest BCUT2D eigenvalue weighted by Gasteiger charge is -2.38. The average Bonchev–Trinajstić information content (AvgIpc) is 2.19. The first-order valence-corrected chi connectivity index (χ1v) is 6.55. The molecule has 0 aromatic rings. The summed E-state index contributed by atoms with van der Waals surface area (Å²) in [5.41, 5.74) is 0.351. The molecule has 0 bridgehead atoms. The first kappa shape index (κ1) is 13.7. The number of Topliss-reactive ketones (excluding diaryl/α,β-unsaturated/α-hetero) is 1. The fourth-order valence-electron chi connectivity index (χ4n) is 2.58. The molecule has 2 atom stereocenters.